The highest BCUT2D eigenvalue weighted by molar-refractivity contribution is 7.89. The highest BCUT2D eigenvalue weighted by Crippen LogP contribution is 2.23. The molecule has 32 heavy (non-hydrogen) atoms. The number of nitrogens with one attached hydrogen (secondary N) is 1. The largest absolute Gasteiger partial charge is 0.322 e. The van der Waals surface area contributed by atoms with E-state index < -0.39 is 15.8 Å². The minimum atomic E-state index is -3.58. The molecule has 2 heterocycles. The Morgan fingerprint density at radius 2 is 1.75 bits per heavy atom. The van der Waals surface area contributed by atoms with Crippen molar-refractivity contribution in [3.63, 3.8) is 0 Å². The maximum atomic E-state index is 13.6. The number of sulfonamides is 1. The fourth-order valence-electron chi connectivity index (χ4n) is 3.87. The molecule has 0 unspecified atom stereocenters. The van der Waals surface area contributed by atoms with Crippen LogP contribution >= 0.6 is 0 Å². The van der Waals surface area contributed by atoms with Gasteiger partial charge in [0, 0.05) is 49.0 Å². The van der Waals surface area contributed by atoms with Gasteiger partial charge in [-0.15, -0.1) is 0 Å². The molecule has 1 aliphatic rings. The number of halogens is 1. The van der Waals surface area contributed by atoms with E-state index in [0.717, 1.165) is 6.54 Å². The first kappa shape index (κ1) is 22.3. The number of benzene rings is 2. The molecule has 1 aromatic heterocycles. The number of carbonyl (C=O) groups excluding carboxylic acids is 1. The molecule has 1 N–H and O–H groups in total. The Hall–Kier alpha value is -2.88. The molecule has 3 aromatic rings. The quantitative estimate of drug-likeness (QED) is 0.637. The predicted octanol–water partition coefficient (Wildman–Crippen LogP) is 3.26. The third-order valence-electron chi connectivity index (χ3n) is 5.67. The van der Waals surface area contributed by atoms with Crippen molar-refractivity contribution >= 4 is 32.5 Å². The van der Waals surface area contributed by atoms with E-state index in [1.54, 1.807) is 25.1 Å². The number of pyridine rings is 1. The zero-order valence-corrected chi connectivity index (χ0v) is 18.8. The van der Waals surface area contributed by atoms with E-state index in [2.05, 4.69) is 22.1 Å². The second-order valence-electron chi connectivity index (χ2n) is 7.79. The van der Waals surface area contributed by atoms with Crippen LogP contribution in [0.4, 0.5) is 10.1 Å². The SMILES string of the molecule is CCN1CCN(S(=O)(=O)c2ccc(NC(=O)c3cc(C)nc4cc(F)ccc34)cc2)CC1. The van der Waals surface area contributed by atoms with Crippen LogP contribution in [0.1, 0.15) is 23.0 Å². The summed E-state index contributed by atoms with van der Waals surface area (Å²) in [5, 5.41) is 3.33. The lowest BCUT2D eigenvalue weighted by molar-refractivity contribution is 0.102. The zero-order valence-electron chi connectivity index (χ0n) is 18.0. The van der Waals surface area contributed by atoms with Gasteiger partial charge in [0.2, 0.25) is 10.0 Å². The fourth-order valence-corrected chi connectivity index (χ4v) is 5.29. The van der Waals surface area contributed by atoms with Crippen molar-refractivity contribution in [1.29, 1.82) is 0 Å². The second-order valence-corrected chi connectivity index (χ2v) is 9.73. The number of hydrogen-bond acceptors (Lipinski definition) is 5. The van der Waals surface area contributed by atoms with Crippen LogP contribution < -0.4 is 5.32 Å². The van der Waals surface area contributed by atoms with Crippen molar-refractivity contribution in [3.8, 4) is 0 Å². The Bertz CT molecular complexity index is 1250. The Kier molecular flexibility index (Phi) is 6.23. The minimum Gasteiger partial charge on any atom is -0.322 e. The first-order valence-corrected chi connectivity index (χ1v) is 11.9. The molecule has 0 radical (unpaired) electrons. The lowest BCUT2D eigenvalue weighted by atomic mass is 10.1. The van der Waals surface area contributed by atoms with Crippen LogP contribution in [0, 0.1) is 12.7 Å². The van der Waals surface area contributed by atoms with Crippen LogP contribution in [-0.4, -0.2) is 61.2 Å². The van der Waals surface area contributed by atoms with Gasteiger partial charge in [-0.3, -0.25) is 9.78 Å². The first-order valence-electron chi connectivity index (χ1n) is 10.5. The van der Waals surface area contributed by atoms with Gasteiger partial charge in [-0.05, 0) is 55.9 Å². The molecule has 1 aliphatic heterocycles. The Morgan fingerprint density at radius 1 is 1.06 bits per heavy atom. The number of nitrogens with zero attached hydrogens (tertiary/aromatic N) is 3. The number of piperazine rings is 1. The average molecular weight is 457 g/mol. The lowest BCUT2D eigenvalue weighted by Crippen LogP contribution is -2.48. The first-order chi connectivity index (χ1) is 15.3. The number of anilines is 1. The molecular formula is C23H25FN4O3S. The summed E-state index contributed by atoms with van der Waals surface area (Å²) in [5.41, 5.74) is 1.84. The number of carbonyl (C=O) groups is 1. The van der Waals surface area contributed by atoms with Gasteiger partial charge < -0.3 is 10.2 Å². The number of likely N-dealkylation sites (N-methyl/N-ethyl adjacent to an activating group) is 1. The van der Waals surface area contributed by atoms with Crippen LogP contribution in [0.3, 0.4) is 0 Å². The predicted molar refractivity (Wildman–Crippen MR) is 122 cm³/mol. The van der Waals surface area contributed by atoms with Crippen LogP contribution in [0.25, 0.3) is 10.9 Å². The summed E-state index contributed by atoms with van der Waals surface area (Å²) >= 11 is 0. The summed E-state index contributed by atoms with van der Waals surface area (Å²) in [6, 6.07) is 11.9. The maximum Gasteiger partial charge on any atom is 0.256 e. The van der Waals surface area contributed by atoms with Gasteiger partial charge in [0.25, 0.3) is 5.91 Å². The fraction of sp³-hybridized carbons (Fsp3) is 0.304. The topological polar surface area (TPSA) is 82.6 Å². The number of aryl methyl sites for hydroxylation is 1. The monoisotopic (exact) mass is 456 g/mol. The number of rotatable bonds is 5. The molecular weight excluding hydrogens is 431 g/mol. The van der Waals surface area contributed by atoms with Crippen molar-refractivity contribution in [2.75, 3.05) is 38.0 Å². The summed E-state index contributed by atoms with van der Waals surface area (Å²) in [7, 11) is -3.58. The van der Waals surface area contributed by atoms with E-state index in [1.165, 1.54) is 34.6 Å². The highest BCUT2D eigenvalue weighted by atomic mass is 32.2. The van der Waals surface area contributed by atoms with Crippen molar-refractivity contribution < 1.29 is 17.6 Å². The van der Waals surface area contributed by atoms with Crippen molar-refractivity contribution in [2.45, 2.75) is 18.7 Å². The van der Waals surface area contributed by atoms with Crippen LogP contribution in [0.2, 0.25) is 0 Å². The van der Waals surface area contributed by atoms with E-state index in [-0.39, 0.29) is 10.8 Å². The van der Waals surface area contributed by atoms with Crippen molar-refractivity contribution in [3.05, 3.63) is 65.6 Å². The molecule has 168 valence electrons. The molecule has 0 spiro atoms. The van der Waals surface area contributed by atoms with E-state index in [0.29, 0.717) is 54.0 Å². The molecule has 4 rings (SSSR count). The van der Waals surface area contributed by atoms with Gasteiger partial charge in [0.1, 0.15) is 5.82 Å². The smallest absolute Gasteiger partial charge is 0.256 e. The van der Waals surface area contributed by atoms with E-state index in [9.17, 15) is 17.6 Å². The van der Waals surface area contributed by atoms with Crippen molar-refractivity contribution in [1.82, 2.24) is 14.2 Å². The summed E-state index contributed by atoms with van der Waals surface area (Å²) in [6.07, 6.45) is 0. The maximum absolute atomic E-state index is 13.6. The molecule has 1 amide bonds. The lowest BCUT2D eigenvalue weighted by Gasteiger charge is -2.33. The Balaban J connectivity index is 1.52. The van der Waals surface area contributed by atoms with Gasteiger partial charge in [-0.25, -0.2) is 12.8 Å². The van der Waals surface area contributed by atoms with E-state index in [4.69, 9.17) is 0 Å². The van der Waals surface area contributed by atoms with Gasteiger partial charge in [0.15, 0.2) is 0 Å². The van der Waals surface area contributed by atoms with Gasteiger partial charge in [-0.2, -0.15) is 4.31 Å². The molecule has 0 saturated carbocycles. The Labute approximate surface area is 186 Å². The molecule has 0 atom stereocenters. The number of fused-ring (bicyclic) bond motifs is 1. The second kappa shape index (κ2) is 8.93. The normalized spacial score (nSPS) is 15.7. The van der Waals surface area contributed by atoms with Gasteiger partial charge in [-0.1, -0.05) is 6.92 Å². The van der Waals surface area contributed by atoms with Crippen LogP contribution in [0.5, 0.6) is 0 Å². The van der Waals surface area contributed by atoms with Crippen LogP contribution in [0.15, 0.2) is 53.4 Å². The zero-order chi connectivity index (χ0) is 22.9. The van der Waals surface area contributed by atoms with Gasteiger partial charge >= 0.3 is 0 Å². The van der Waals surface area contributed by atoms with E-state index >= 15 is 0 Å². The third kappa shape index (κ3) is 4.50. The summed E-state index contributed by atoms with van der Waals surface area (Å²) in [4.78, 5) is 19.6. The van der Waals surface area contributed by atoms with E-state index in [1.807, 2.05) is 0 Å². The average Bonchev–Trinajstić information content (AvgIpc) is 2.78. The van der Waals surface area contributed by atoms with Crippen molar-refractivity contribution in [2.24, 2.45) is 0 Å². The highest BCUT2D eigenvalue weighted by Gasteiger charge is 2.28. The summed E-state index contributed by atoms with van der Waals surface area (Å²) in [6.45, 7) is 7.06. The standard InChI is InChI=1S/C23H25FN4O3S/c1-3-27-10-12-28(13-11-27)32(30,31)19-7-5-18(6-8-19)26-23(29)21-14-16(2)25-22-15-17(24)4-9-20(21)22/h4-9,14-15H,3,10-13H2,1-2H3,(H,26,29). The van der Waals surface area contributed by atoms with Gasteiger partial charge in [0.05, 0.1) is 16.0 Å². The van der Waals surface area contributed by atoms with Crippen LogP contribution in [-0.2, 0) is 10.0 Å². The molecule has 1 fully saturated rings. The molecule has 2 aromatic carbocycles. The molecule has 7 nitrogen and oxygen atoms in total. The number of amides is 1. The minimum absolute atomic E-state index is 0.195. The Morgan fingerprint density at radius 3 is 2.41 bits per heavy atom. The molecule has 1 saturated heterocycles. The molecule has 9 heteroatoms. The summed E-state index contributed by atoms with van der Waals surface area (Å²) in [5.74, 6) is -0.798. The number of hydrogen-bond donors (Lipinski definition) is 1. The summed E-state index contributed by atoms with van der Waals surface area (Å²) < 4.78 is 40.9. The molecule has 0 bridgehead atoms. The molecule has 0 aliphatic carbocycles. The number of aromatic nitrogens is 1. The third-order valence-corrected chi connectivity index (χ3v) is 7.59.